The van der Waals surface area contributed by atoms with Gasteiger partial charge in [0, 0.05) is 32.7 Å². The third-order valence-corrected chi connectivity index (χ3v) is 3.97. The molecule has 2 aromatic carbocycles. The molecule has 1 saturated heterocycles. The standard InChI is InChI=1S/C17H21N3O/c18-16-6-1-2-7-17(16)20-10-8-19(9-11-20)13-14-4-3-5-15(21)12-14/h1-7,12,21H,8-11,13,18H2. The van der Waals surface area contributed by atoms with Crippen molar-refractivity contribution in [3.05, 3.63) is 54.1 Å². The Kier molecular flexibility index (Phi) is 3.97. The average molecular weight is 283 g/mol. The summed E-state index contributed by atoms with van der Waals surface area (Å²) in [7, 11) is 0. The zero-order valence-electron chi connectivity index (χ0n) is 12.1. The van der Waals surface area contributed by atoms with Crippen LogP contribution in [0.15, 0.2) is 48.5 Å². The average Bonchev–Trinajstić information content (AvgIpc) is 2.49. The van der Waals surface area contributed by atoms with Gasteiger partial charge >= 0.3 is 0 Å². The van der Waals surface area contributed by atoms with Crippen molar-refractivity contribution >= 4 is 11.4 Å². The maximum Gasteiger partial charge on any atom is 0.115 e. The quantitative estimate of drug-likeness (QED) is 0.849. The minimum absolute atomic E-state index is 0.336. The molecule has 1 fully saturated rings. The summed E-state index contributed by atoms with van der Waals surface area (Å²) in [5.74, 6) is 0.336. The summed E-state index contributed by atoms with van der Waals surface area (Å²) in [5, 5.41) is 9.52. The number of rotatable bonds is 3. The van der Waals surface area contributed by atoms with Crippen LogP contribution in [0.25, 0.3) is 0 Å². The molecule has 0 bridgehead atoms. The van der Waals surface area contributed by atoms with Gasteiger partial charge in [-0.25, -0.2) is 0 Å². The van der Waals surface area contributed by atoms with Gasteiger partial charge in [-0.3, -0.25) is 4.90 Å². The van der Waals surface area contributed by atoms with Gasteiger partial charge in [0.1, 0.15) is 5.75 Å². The first-order valence-electron chi connectivity index (χ1n) is 7.32. The van der Waals surface area contributed by atoms with Crippen molar-refractivity contribution in [2.45, 2.75) is 6.54 Å². The van der Waals surface area contributed by atoms with Gasteiger partial charge in [0.2, 0.25) is 0 Å². The van der Waals surface area contributed by atoms with Crippen molar-refractivity contribution in [3.63, 3.8) is 0 Å². The van der Waals surface area contributed by atoms with Gasteiger partial charge in [-0.05, 0) is 29.8 Å². The topological polar surface area (TPSA) is 52.7 Å². The maximum absolute atomic E-state index is 9.52. The van der Waals surface area contributed by atoms with E-state index in [1.807, 2.05) is 30.3 Å². The summed E-state index contributed by atoms with van der Waals surface area (Å²) in [6, 6.07) is 15.5. The third kappa shape index (κ3) is 3.28. The van der Waals surface area contributed by atoms with E-state index in [-0.39, 0.29) is 0 Å². The van der Waals surface area contributed by atoms with E-state index in [2.05, 4.69) is 21.9 Å². The number of phenolic OH excluding ortho intramolecular Hbond substituents is 1. The molecule has 0 aliphatic carbocycles. The predicted molar refractivity (Wildman–Crippen MR) is 86.5 cm³/mol. The van der Waals surface area contributed by atoms with E-state index in [9.17, 15) is 5.11 Å². The number of piperazine rings is 1. The molecular formula is C17H21N3O. The highest BCUT2D eigenvalue weighted by Gasteiger charge is 2.18. The van der Waals surface area contributed by atoms with Gasteiger partial charge in [0.25, 0.3) is 0 Å². The van der Waals surface area contributed by atoms with E-state index in [0.717, 1.165) is 49.7 Å². The fraction of sp³-hybridized carbons (Fsp3) is 0.294. The van der Waals surface area contributed by atoms with Crippen LogP contribution in [0.1, 0.15) is 5.56 Å². The van der Waals surface area contributed by atoms with Crippen LogP contribution in [0, 0.1) is 0 Å². The van der Waals surface area contributed by atoms with Crippen molar-refractivity contribution in [2.24, 2.45) is 0 Å². The van der Waals surface area contributed by atoms with Gasteiger partial charge in [0.15, 0.2) is 0 Å². The second-order valence-corrected chi connectivity index (χ2v) is 5.49. The Morgan fingerprint density at radius 3 is 2.43 bits per heavy atom. The molecule has 2 aromatic rings. The first-order chi connectivity index (χ1) is 10.2. The minimum Gasteiger partial charge on any atom is -0.508 e. The predicted octanol–water partition coefficient (Wildman–Crippen LogP) is 2.30. The largest absolute Gasteiger partial charge is 0.508 e. The van der Waals surface area contributed by atoms with Gasteiger partial charge in [-0.15, -0.1) is 0 Å². The number of benzene rings is 2. The van der Waals surface area contributed by atoms with E-state index in [1.54, 1.807) is 6.07 Å². The van der Waals surface area contributed by atoms with Crippen molar-refractivity contribution in [1.29, 1.82) is 0 Å². The lowest BCUT2D eigenvalue weighted by Crippen LogP contribution is -2.46. The molecule has 1 aliphatic heterocycles. The normalized spacial score (nSPS) is 16.1. The first kappa shape index (κ1) is 13.8. The summed E-state index contributed by atoms with van der Waals surface area (Å²) in [6.45, 7) is 4.85. The smallest absolute Gasteiger partial charge is 0.115 e. The number of para-hydroxylation sites is 2. The molecule has 1 aliphatic rings. The third-order valence-electron chi connectivity index (χ3n) is 3.97. The molecule has 1 heterocycles. The maximum atomic E-state index is 9.52. The molecule has 0 unspecified atom stereocenters. The van der Waals surface area contributed by atoms with Gasteiger partial charge in [-0.1, -0.05) is 24.3 Å². The van der Waals surface area contributed by atoms with Crippen LogP contribution in [0.2, 0.25) is 0 Å². The van der Waals surface area contributed by atoms with Crippen LogP contribution in [0.4, 0.5) is 11.4 Å². The van der Waals surface area contributed by atoms with Crippen LogP contribution in [-0.4, -0.2) is 36.2 Å². The Bertz CT molecular complexity index is 606. The number of hydrogen-bond donors (Lipinski definition) is 2. The van der Waals surface area contributed by atoms with E-state index >= 15 is 0 Å². The number of nitrogens with zero attached hydrogens (tertiary/aromatic N) is 2. The zero-order chi connectivity index (χ0) is 14.7. The molecule has 0 aromatic heterocycles. The number of nitrogen functional groups attached to an aromatic ring is 1. The molecule has 3 N–H and O–H groups in total. The fourth-order valence-corrected chi connectivity index (χ4v) is 2.84. The van der Waals surface area contributed by atoms with Gasteiger partial charge in [-0.2, -0.15) is 0 Å². The van der Waals surface area contributed by atoms with E-state index < -0.39 is 0 Å². The summed E-state index contributed by atoms with van der Waals surface area (Å²) >= 11 is 0. The Labute approximate surface area is 125 Å². The minimum atomic E-state index is 0.336. The summed E-state index contributed by atoms with van der Waals surface area (Å²) in [5.41, 5.74) is 9.18. The van der Waals surface area contributed by atoms with Gasteiger partial charge < -0.3 is 15.7 Å². The Balaban J connectivity index is 1.59. The monoisotopic (exact) mass is 283 g/mol. The molecule has 0 atom stereocenters. The highest BCUT2D eigenvalue weighted by molar-refractivity contribution is 5.67. The van der Waals surface area contributed by atoms with Crippen LogP contribution in [0.5, 0.6) is 5.75 Å². The molecular weight excluding hydrogens is 262 g/mol. The number of nitrogens with two attached hydrogens (primary N) is 1. The van der Waals surface area contributed by atoms with E-state index in [0.29, 0.717) is 5.75 Å². The molecule has 0 spiro atoms. The lowest BCUT2D eigenvalue weighted by Gasteiger charge is -2.36. The molecule has 21 heavy (non-hydrogen) atoms. The zero-order valence-corrected chi connectivity index (χ0v) is 12.1. The molecule has 110 valence electrons. The highest BCUT2D eigenvalue weighted by atomic mass is 16.3. The Morgan fingerprint density at radius 2 is 1.71 bits per heavy atom. The first-order valence-corrected chi connectivity index (χ1v) is 7.32. The molecule has 0 amide bonds. The van der Waals surface area contributed by atoms with E-state index in [1.165, 1.54) is 0 Å². The number of anilines is 2. The lowest BCUT2D eigenvalue weighted by atomic mass is 10.1. The number of hydrogen-bond acceptors (Lipinski definition) is 4. The van der Waals surface area contributed by atoms with Crippen molar-refractivity contribution < 1.29 is 5.11 Å². The Hall–Kier alpha value is -2.20. The molecule has 0 radical (unpaired) electrons. The van der Waals surface area contributed by atoms with Gasteiger partial charge in [0.05, 0.1) is 11.4 Å². The molecule has 4 nitrogen and oxygen atoms in total. The summed E-state index contributed by atoms with van der Waals surface area (Å²) in [6.07, 6.45) is 0. The molecule has 4 heteroatoms. The van der Waals surface area contributed by atoms with Crippen molar-refractivity contribution in [1.82, 2.24) is 4.90 Å². The van der Waals surface area contributed by atoms with Crippen LogP contribution >= 0.6 is 0 Å². The van der Waals surface area contributed by atoms with E-state index in [4.69, 9.17) is 5.73 Å². The second kappa shape index (κ2) is 6.06. The van der Waals surface area contributed by atoms with Crippen molar-refractivity contribution in [2.75, 3.05) is 36.8 Å². The van der Waals surface area contributed by atoms with Crippen LogP contribution in [0.3, 0.4) is 0 Å². The second-order valence-electron chi connectivity index (χ2n) is 5.49. The summed E-state index contributed by atoms with van der Waals surface area (Å²) in [4.78, 5) is 4.75. The summed E-state index contributed by atoms with van der Waals surface area (Å²) < 4.78 is 0. The van der Waals surface area contributed by atoms with Crippen LogP contribution < -0.4 is 10.6 Å². The highest BCUT2D eigenvalue weighted by Crippen LogP contribution is 2.24. The SMILES string of the molecule is Nc1ccccc1N1CCN(Cc2cccc(O)c2)CC1. The molecule has 3 rings (SSSR count). The Morgan fingerprint density at radius 1 is 0.952 bits per heavy atom. The van der Waals surface area contributed by atoms with Crippen LogP contribution in [-0.2, 0) is 6.54 Å². The number of phenols is 1. The van der Waals surface area contributed by atoms with Crippen molar-refractivity contribution in [3.8, 4) is 5.75 Å². The fourth-order valence-electron chi connectivity index (χ4n) is 2.84. The lowest BCUT2D eigenvalue weighted by molar-refractivity contribution is 0.249. The molecule has 0 saturated carbocycles. The number of aromatic hydroxyl groups is 1.